The molecule has 0 atom stereocenters. The fourth-order valence-corrected chi connectivity index (χ4v) is 1.63. The van der Waals surface area contributed by atoms with E-state index in [9.17, 15) is 4.79 Å². The Labute approximate surface area is 96.4 Å². The summed E-state index contributed by atoms with van der Waals surface area (Å²) >= 11 is 0. The number of hydrogen-bond donors (Lipinski definition) is 3. The molecule has 0 unspecified atom stereocenters. The number of benzene rings is 1. The Kier molecular flexibility index (Phi) is 4.79. The number of carbonyl (C=O) groups excluding carboxylic acids is 1. The van der Waals surface area contributed by atoms with Crippen LogP contribution in [0, 0.1) is 0 Å². The van der Waals surface area contributed by atoms with E-state index in [1.807, 2.05) is 26.0 Å². The number of fused-ring (bicyclic) bond motifs is 1. The highest BCUT2D eigenvalue weighted by Gasteiger charge is 2.14. The minimum absolute atomic E-state index is 0.176. The zero-order chi connectivity index (χ0) is 12.0. The van der Waals surface area contributed by atoms with E-state index in [-0.39, 0.29) is 6.03 Å². The Morgan fingerprint density at radius 2 is 2.06 bits per heavy atom. The Morgan fingerprint density at radius 1 is 1.31 bits per heavy atom. The predicted octanol–water partition coefficient (Wildman–Crippen LogP) is 2.07. The third kappa shape index (κ3) is 2.73. The van der Waals surface area contributed by atoms with Crippen LogP contribution in [0.5, 0.6) is 0 Å². The van der Waals surface area contributed by atoms with Crippen molar-refractivity contribution >= 4 is 11.7 Å². The lowest BCUT2D eigenvalue weighted by Gasteiger charge is -2.08. The molecule has 4 heteroatoms. The molecule has 0 aliphatic carbocycles. The van der Waals surface area contributed by atoms with Gasteiger partial charge in [0.15, 0.2) is 0 Å². The van der Waals surface area contributed by atoms with Crippen molar-refractivity contribution in [2.45, 2.75) is 26.9 Å². The lowest BCUT2D eigenvalue weighted by molar-refractivity contribution is 0.254. The maximum absolute atomic E-state index is 11.1. The third-order valence-electron chi connectivity index (χ3n) is 2.37. The monoisotopic (exact) mass is 221 g/mol. The molecule has 0 saturated carbocycles. The average molecular weight is 221 g/mol. The molecule has 0 saturated heterocycles. The molecule has 1 aliphatic heterocycles. The predicted molar refractivity (Wildman–Crippen MR) is 66.4 cm³/mol. The first-order valence-electron chi connectivity index (χ1n) is 5.61. The van der Waals surface area contributed by atoms with Crippen LogP contribution in [-0.4, -0.2) is 13.1 Å². The largest absolute Gasteiger partial charge is 0.341 e. The quantitative estimate of drug-likeness (QED) is 0.680. The van der Waals surface area contributed by atoms with Gasteiger partial charge in [-0.05, 0) is 17.2 Å². The third-order valence-corrected chi connectivity index (χ3v) is 2.37. The van der Waals surface area contributed by atoms with Gasteiger partial charge in [-0.3, -0.25) is 0 Å². The summed E-state index contributed by atoms with van der Waals surface area (Å²) < 4.78 is 0. The van der Waals surface area contributed by atoms with E-state index in [0.29, 0.717) is 0 Å². The van der Waals surface area contributed by atoms with Gasteiger partial charge in [-0.1, -0.05) is 26.0 Å². The summed E-state index contributed by atoms with van der Waals surface area (Å²) in [5.74, 6) is 0. The molecule has 88 valence electrons. The van der Waals surface area contributed by atoms with Crippen molar-refractivity contribution in [2.24, 2.45) is 0 Å². The molecule has 0 radical (unpaired) electrons. The lowest BCUT2D eigenvalue weighted by atomic mass is 10.1. The summed E-state index contributed by atoms with van der Waals surface area (Å²) in [6.45, 7) is 5.72. The van der Waals surface area contributed by atoms with Gasteiger partial charge in [0.1, 0.15) is 0 Å². The maximum Gasteiger partial charge on any atom is 0.318 e. The molecule has 0 fully saturated rings. The fraction of sp³-hybridized carbons (Fsp3) is 0.417. The van der Waals surface area contributed by atoms with E-state index in [4.69, 9.17) is 0 Å². The summed E-state index contributed by atoms with van der Waals surface area (Å²) in [4.78, 5) is 11.1. The SMILES string of the molecule is CC.CNC(=O)Nc1cccc2c1CNC2. The van der Waals surface area contributed by atoms with Gasteiger partial charge >= 0.3 is 6.03 Å². The van der Waals surface area contributed by atoms with Gasteiger partial charge in [-0.15, -0.1) is 0 Å². The first-order chi connectivity index (χ1) is 7.81. The van der Waals surface area contributed by atoms with Gasteiger partial charge in [-0.2, -0.15) is 0 Å². The molecule has 2 amide bonds. The minimum Gasteiger partial charge on any atom is -0.341 e. The van der Waals surface area contributed by atoms with Crippen LogP contribution >= 0.6 is 0 Å². The molecule has 16 heavy (non-hydrogen) atoms. The van der Waals surface area contributed by atoms with E-state index in [0.717, 1.165) is 18.8 Å². The zero-order valence-electron chi connectivity index (χ0n) is 10.1. The van der Waals surface area contributed by atoms with E-state index < -0.39 is 0 Å². The Bertz CT molecular complexity index is 363. The highest BCUT2D eigenvalue weighted by atomic mass is 16.2. The Morgan fingerprint density at radius 3 is 2.75 bits per heavy atom. The van der Waals surface area contributed by atoms with Gasteiger partial charge in [0.25, 0.3) is 0 Å². The van der Waals surface area contributed by atoms with Crippen LogP contribution in [0.4, 0.5) is 10.5 Å². The molecule has 1 heterocycles. The number of rotatable bonds is 1. The zero-order valence-corrected chi connectivity index (χ0v) is 10.1. The van der Waals surface area contributed by atoms with E-state index in [1.165, 1.54) is 11.1 Å². The number of carbonyl (C=O) groups is 1. The van der Waals surface area contributed by atoms with Gasteiger partial charge in [0.2, 0.25) is 0 Å². The fourth-order valence-electron chi connectivity index (χ4n) is 1.63. The highest BCUT2D eigenvalue weighted by Crippen LogP contribution is 2.23. The smallest absolute Gasteiger partial charge is 0.318 e. The van der Waals surface area contributed by atoms with Crippen molar-refractivity contribution in [2.75, 3.05) is 12.4 Å². The minimum atomic E-state index is -0.176. The van der Waals surface area contributed by atoms with E-state index in [1.54, 1.807) is 7.05 Å². The highest BCUT2D eigenvalue weighted by molar-refractivity contribution is 5.90. The van der Waals surface area contributed by atoms with Gasteiger partial charge in [0, 0.05) is 25.8 Å². The lowest BCUT2D eigenvalue weighted by Crippen LogP contribution is -2.25. The van der Waals surface area contributed by atoms with Crippen molar-refractivity contribution in [3.8, 4) is 0 Å². The summed E-state index contributed by atoms with van der Waals surface area (Å²) in [7, 11) is 1.61. The summed E-state index contributed by atoms with van der Waals surface area (Å²) in [5, 5.41) is 8.58. The second-order valence-corrected chi connectivity index (χ2v) is 3.25. The van der Waals surface area contributed by atoms with E-state index in [2.05, 4.69) is 22.0 Å². The van der Waals surface area contributed by atoms with Crippen molar-refractivity contribution in [1.82, 2.24) is 10.6 Å². The molecule has 1 aromatic carbocycles. The summed E-state index contributed by atoms with van der Waals surface area (Å²) in [5.41, 5.74) is 3.35. The molecule has 3 N–H and O–H groups in total. The van der Waals surface area contributed by atoms with E-state index >= 15 is 0 Å². The first-order valence-corrected chi connectivity index (χ1v) is 5.61. The molecule has 0 spiro atoms. The number of anilines is 1. The molecule has 1 aromatic rings. The number of hydrogen-bond acceptors (Lipinski definition) is 2. The van der Waals surface area contributed by atoms with Crippen molar-refractivity contribution in [3.63, 3.8) is 0 Å². The molecular weight excluding hydrogens is 202 g/mol. The van der Waals surface area contributed by atoms with Crippen molar-refractivity contribution < 1.29 is 4.79 Å². The van der Waals surface area contributed by atoms with Crippen LogP contribution in [0.25, 0.3) is 0 Å². The van der Waals surface area contributed by atoms with Crippen molar-refractivity contribution in [3.05, 3.63) is 29.3 Å². The normalized spacial score (nSPS) is 12.2. The van der Waals surface area contributed by atoms with Crippen LogP contribution in [0.1, 0.15) is 25.0 Å². The molecule has 1 aliphatic rings. The van der Waals surface area contributed by atoms with Crippen LogP contribution in [0.3, 0.4) is 0 Å². The second-order valence-electron chi connectivity index (χ2n) is 3.25. The van der Waals surface area contributed by atoms with Crippen LogP contribution in [-0.2, 0) is 13.1 Å². The van der Waals surface area contributed by atoms with Crippen LogP contribution in [0.15, 0.2) is 18.2 Å². The van der Waals surface area contributed by atoms with Crippen molar-refractivity contribution in [1.29, 1.82) is 0 Å². The number of nitrogens with one attached hydrogen (secondary N) is 3. The molecular formula is C12H19N3O. The van der Waals surface area contributed by atoms with Crippen LogP contribution in [0.2, 0.25) is 0 Å². The maximum atomic E-state index is 11.1. The first kappa shape index (κ1) is 12.5. The van der Waals surface area contributed by atoms with Gasteiger partial charge in [0.05, 0.1) is 0 Å². The summed E-state index contributed by atoms with van der Waals surface area (Å²) in [6.07, 6.45) is 0. The molecule has 0 bridgehead atoms. The Balaban J connectivity index is 0.000000606. The topological polar surface area (TPSA) is 53.2 Å². The molecule has 2 rings (SSSR count). The van der Waals surface area contributed by atoms with Crippen LogP contribution < -0.4 is 16.0 Å². The second kappa shape index (κ2) is 6.12. The molecule has 4 nitrogen and oxygen atoms in total. The van der Waals surface area contributed by atoms with Gasteiger partial charge < -0.3 is 16.0 Å². The summed E-state index contributed by atoms with van der Waals surface area (Å²) in [6, 6.07) is 5.77. The average Bonchev–Trinajstić information content (AvgIpc) is 2.81. The molecule has 0 aromatic heterocycles. The number of amides is 2. The Hall–Kier alpha value is -1.55. The van der Waals surface area contributed by atoms with Gasteiger partial charge in [-0.25, -0.2) is 4.79 Å². The number of urea groups is 1. The standard InChI is InChI=1S/C10H13N3O.C2H6/c1-11-10(14)13-9-4-2-3-7-5-12-6-8(7)9;1-2/h2-4,12H,5-6H2,1H3,(H2,11,13,14);1-2H3.